The van der Waals surface area contributed by atoms with Crippen molar-refractivity contribution in [1.82, 2.24) is 9.80 Å². The normalized spacial score (nSPS) is 25.9. The molecule has 0 aromatic heterocycles. The van der Waals surface area contributed by atoms with E-state index in [1.54, 1.807) is 22.0 Å². The lowest BCUT2D eigenvalue weighted by Crippen LogP contribution is -2.62. The van der Waals surface area contributed by atoms with Crippen molar-refractivity contribution in [2.24, 2.45) is 23.2 Å². The molecule has 3 aliphatic heterocycles. The highest BCUT2D eigenvalue weighted by Crippen LogP contribution is 2.60. The van der Waals surface area contributed by atoms with E-state index in [1.807, 2.05) is 49.9 Å². The minimum absolute atomic E-state index is 0.0736. The maximum absolute atomic E-state index is 15.1. The number of carbonyl (C=O) groups excluding carboxylic acids is 3. The van der Waals surface area contributed by atoms with E-state index in [9.17, 15) is 14.7 Å². The highest BCUT2D eigenvalue weighted by molar-refractivity contribution is 6.03. The number of rotatable bonds is 15. The third kappa shape index (κ3) is 7.02. The monoisotopic (exact) mass is 651 g/mol. The third-order valence-corrected chi connectivity index (χ3v) is 9.91. The number of amides is 3. The largest absolute Gasteiger partial charge is 0.494 e. The quantitative estimate of drug-likeness (QED) is 0.248. The molecule has 3 saturated heterocycles. The summed E-state index contributed by atoms with van der Waals surface area (Å²) in [5.74, 6) is -1.51. The number of likely N-dealkylation sites (tertiary alicyclic amines) is 1. The van der Waals surface area contributed by atoms with Crippen molar-refractivity contribution in [3.8, 4) is 5.75 Å². The smallest absolute Gasteiger partial charge is 0.249 e. The summed E-state index contributed by atoms with van der Waals surface area (Å²) in [4.78, 5) is 49.6. The van der Waals surface area contributed by atoms with E-state index in [2.05, 4.69) is 47.8 Å². The van der Waals surface area contributed by atoms with Gasteiger partial charge in [-0.1, -0.05) is 46.8 Å². The van der Waals surface area contributed by atoms with E-state index in [-0.39, 0.29) is 42.2 Å². The predicted octanol–water partition coefficient (Wildman–Crippen LogP) is 5.62. The average Bonchev–Trinajstić information content (AvgIpc) is 3.63. The number of aliphatic hydroxyl groups excluding tert-OH is 1. The zero-order chi connectivity index (χ0) is 34.9. The Hall–Kier alpha value is -3.17. The van der Waals surface area contributed by atoms with Gasteiger partial charge in [0, 0.05) is 24.3 Å². The predicted molar refractivity (Wildman–Crippen MR) is 185 cm³/mol. The molecule has 4 rings (SSSR count). The van der Waals surface area contributed by atoms with Crippen molar-refractivity contribution >= 4 is 23.4 Å². The molecule has 3 aliphatic rings. The molecule has 3 heterocycles. The van der Waals surface area contributed by atoms with Crippen molar-refractivity contribution in [2.75, 3.05) is 31.2 Å². The molecule has 0 radical (unpaired) electrons. The minimum atomic E-state index is -1.18. The van der Waals surface area contributed by atoms with Gasteiger partial charge in [-0.25, -0.2) is 0 Å². The molecule has 0 aliphatic carbocycles. The summed E-state index contributed by atoms with van der Waals surface area (Å²) < 4.78 is 12.4. The van der Waals surface area contributed by atoms with Gasteiger partial charge in [-0.05, 0) is 82.1 Å². The topological polar surface area (TPSA) is 99.6 Å². The Kier molecular flexibility index (Phi) is 11.0. The van der Waals surface area contributed by atoms with Gasteiger partial charge in [-0.15, -0.1) is 13.2 Å². The van der Waals surface area contributed by atoms with Crippen LogP contribution in [0.4, 0.5) is 5.69 Å². The molecule has 1 spiro atoms. The summed E-state index contributed by atoms with van der Waals surface area (Å²) in [7, 11) is 0. The van der Waals surface area contributed by atoms with Gasteiger partial charge in [0.05, 0.1) is 37.2 Å². The maximum Gasteiger partial charge on any atom is 0.249 e. The summed E-state index contributed by atoms with van der Waals surface area (Å²) in [5, 5.41) is 10.7. The highest BCUT2D eigenvalue weighted by atomic mass is 16.5. The SMILES string of the molecule is C=CCN(C(=O)[C@@H]1[C@@H]2CCC3(O2)C(C(=O)N(CC=C)C(C)(C)CC(C)(C)C)N([C@@H](CO)CC(C)C)C(=O)[C@H]13)c1ccc(OCC)cc1. The van der Waals surface area contributed by atoms with E-state index < -0.39 is 41.2 Å². The fourth-order valence-electron chi connectivity index (χ4n) is 8.69. The fourth-order valence-corrected chi connectivity index (χ4v) is 8.69. The number of nitrogens with zero attached hydrogens (tertiary/aromatic N) is 3. The van der Waals surface area contributed by atoms with Crippen LogP contribution in [0.2, 0.25) is 0 Å². The van der Waals surface area contributed by atoms with Crippen molar-refractivity contribution in [3.05, 3.63) is 49.6 Å². The summed E-state index contributed by atoms with van der Waals surface area (Å²) in [5.41, 5.74) is -1.16. The lowest BCUT2D eigenvalue weighted by molar-refractivity contribution is -0.155. The fraction of sp³-hybridized carbons (Fsp3) is 0.658. The Bertz CT molecular complexity index is 1320. The molecule has 1 N–H and O–H groups in total. The van der Waals surface area contributed by atoms with Gasteiger partial charge in [0.15, 0.2) is 0 Å². The van der Waals surface area contributed by atoms with E-state index in [4.69, 9.17) is 9.47 Å². The van der Waals surface area contributed by atoms with Crippen molar-refractivity contribution in [2.45, 2.75) is 110 Å². The van der Waals surface area contributed by atoms with Crippen molar-refractivity contribution < 1.29 is 29.0 Å². The second-order valence-corrected chi connectivity index (χ2v) is 15.7. The van der Waals surface area contributed by atoms with E-state index >= 15 is 4.79 Å². The molecule has 2 unspecified atom stereocenters. The van der Waals surface area contributed by atoms with Crippen molar-refractivity contribution in [3.63, 3.8) is 0 Å². The van der Waals surface area contributed by atoms with Crippen LogP contribution in [0.5, 0.6) is 5.75 Å². The summed E-state index contributed by atoms with van der Waals surface area (Å²) in [6, 6.07) is 5.74. The van der Waals surface area contributed by atoms with Crippen LogP contribution in [0.25, 0.3) is 0 Å². The molecule has 1 aromatic carbocycles. The molecule has 9 nitrogen and oxygen atoms in total. The average molecular weight is 652 g/mol. The molecule has 3 amide bonds. The second kappa shape index (κ2) is 14.1. The first-order chi connectivity index (χ1) is 22.1. The number of carbonyl (C=O) groups is 3. The van der Waals surface area contributed by atoms with Crippen LogP contribution in [0.1, 0.15) is 81.1 Å². The minimum Gasteiger partial charge on any atom is -0.494 e. The number of aliphatic hydroxyl groups is 1. The lowest BCUT2D eigenvalue weighted by atomic mass is 9.70. The number of hydrogen-bond donors (Lipinski definition) is 1. The van der Waals surface area contributed by atoms with Gasteiger partial charge in [0.1, 0.15) is 17.4 Å². The first-order valence-electron chi connectivity index (χ1n) is 17.2. The van der Waals surface area contributed by atoms with Gasteiger partial charge in [-0.3, -0.25) is 14.4 Å². The number of hydrogen-bond acceptors (Lipinski definition) is 6. The van der Waals surface area contributed by atoms with Crippen LogP contribution < -0.4 is 9.64 Å². The molecule has 1 aromatic rings. The number of anilines is 1. The Morgan fingerprint density at radius 2 is 1.74 bits per heavy atom. The van der Waals surface area contributed by atoms with E-state index in [0.717, 1.165) is 6.42 Å². The van der Waals surface area contributed by atoms with Gasteiger partial charge >= 0.3 is 0 Å². The van der Waals surface area contributed by atoms with E-state index in [1.165, 1.54) is 0 Å². The van der Waals surface area contributed by atoms with Gasteiger partial charge in [0.2, 0.25) is 17.7 Å². The molecule has 9 heteroatoms. The highest BCUT2D eigenvalue weighted by Gasteiger charge is 2.75. The molecule has 2 bridgehead atoms. The zero-order valence-electron chi connectivity index (χ0n) is 29.8. The number of benzene rings is 1. The number of ether oxygens (including phenoxy) is 2. The van der Waals surface area contributed by atoms with Crippen LogP contribution in [-0.4, -0.2) is 88.3 Å². The summed E-state index contributed by atoms with van der Waals surface area (Å²) >= 11 is 0. The Balaban J connectivity index is 1.81. The standard InChI is InChI=1S/C38H57N3O6/c1-11-20-39(26-14-16-28(17-15-26)46-13-3)33(43)30-29-18-19-38(47-29)31(30)34(44)41(27(23-42)22-25(4)5)32(38)35(45)40(21-12-2)37(9,10)24-36(6,7)8/h11-12,14-17,25,27,29-32,42H,1-2,13,18-24H2,3-10H3/t27-,29+,30-,31+,32?,38?/m1/s1. The Morgan fingerprint density at radius 3 is 2.28 bits per heavy atom. The molecule has 6 atom stereocenters. The van der Waals surface area contributed by atoms with Crippen LogP contribution in [-0.2, 0) is 19.1 Å². The van der Waals surface area contributed by atoms with Crippen LogP contribution >= 0.6 is 0 Å². The molecule has 260 valence electrons. The lowest BCUT2D eigenvalue weighted by Gasteiger charge is -2.46. The van der Waals surface area contributed by atoms with Crippen LogP contribution in [0, 0.1) is 23.2 Å². The van der Waals surface area contributed by atoms with Crippen molar-refractivity contribution in [1.29, 1.82) is 0 Å². The van der Waals surface area contributed by atoms with E-state index in [0.29, 0.717) is 43.9 Å². The first-order valence-corrected chi connectivity index (χ1v) is 17.2. The molecule has 3 fully saturated rings. The number of fused-ring (bicyclic) bond motifs is 1. The summed E-state index contributed by atoms with van der Waals surface area (Å²) in [6.07, 6.45) is 5.16. The molecule has 47 heavy (non-hydrogen) atoms. The molecular formula is C38H57N3O6. The molecular weight excluding hydrogens is 594 g/mol. The van der Waals surface area contributed by atoms with Gasteiger partial charge in [0.25, 0.3) is 0 Å². The van der Waals surface area contributed by atoms with Gasteiger partial charge in [-0.2, -0.15) is 0 Å². The van der Waals surface area contributed by atoms with Crippen LogP contribution in [0.15, 0.2) is 49.6 Å². The maximum atomic E-state index is 15.1. The van der Waals surface area contributed by atoms with Crippen LogP contribution in [0.3, 0.4) is 0 Å². The zero-order valence-corrected chi connectivity index (χ0v) is 29.8. The Labute approximate surface area is 281 Å². The third-order valence-electron chi connectivity index (χ3n) is 9.91. The second-order valence-electron chi connectivity index (χ2n) is 15.7. The Morgan fingerprint density at radius 1 is 1.11 bits per heavy atom. The molecule has 0 saturated carbocycles. The first kappa shape index (κ1) is 36.7. The summed E-state index contributed by atoms with van der Waals surface area (Å²) in [6.45, 7) is 25.2. The van der Waals surface area contributed by atoms with Gasteiger partial charge < -0.3 is 29.3 Å².